The van der Waals surface area contributed by atoms with Gasteiger partial charge in [-0.2, -0.15) is 0 Å². The fourth-order valence-corrected chi connectivity index (χ4v) is 3.09. The summed E-state index contributed by atoms with van der Waals surface area (Å²) < 4.78 is 0. The maximum atomic E-state index is 10.9. The molecule has 1 unspecified atom stereocenters. The predicted octanol–water partition coefficient (Wildman–Crippen LogP) is 5.71. The van der Waals surface area contributed by atoms with E-state index in [9.17, 15) is 4.79 Å². The smallest absolute Gasteiger partial charge is 0.234 e. The summed E-state index contributed by atoms with van der Waals surface area (Å²) in [6, 6.07) is -0.193. The van der Waals surface area contributed by atoms with Crippen molar-refractivity contribution in [1.82, 2.24) is 5.32 Å². The van der Waals surface area contributed by atoms with Crippen LogP contribution in [0, 0.1) is 0 Å². The summed E-state index contributed by atoms with van der Waals surface area (Å²) in [6.07, 6.45) is 22.2. The summed E-state index contributed by atoms with van der Waals surface area (Å²) in [5.74, 6) is -0.258. The van der Waals surface area contributed by atoms with Crippen LogP contribution in [0.4, 0.5) is 0 Å². The zero-order valence-corrected chi connectivity index (χ0v) is 16.6. The second-order valence-corrected chi connectivity index (χ2v) is 7.38. The minimum atomic E-state index is -0.258. The van der Waals surface area contributed by atoms with Gasteiger partial charge in [-0.1, -0.05) is 103 Å². The quantitative estimate of drug-likeness (QED) is 0.296. The van der Waals surface area contributed by atoms with Crippen molar-refractivity contribution < 1.29 is 4.79 Å². The molecule has 0 rings (SSSR count). The van der Waals surface area contributed by atoms with Crippen LogP contribution in [0.25, 0.3) is 0 Å². The molecule has 0 aromatic rings. The van der Waals surface area contributed by atoms with E-state index in [1.807, 2.05) is 6.92 Å². The fraction of sp³-hybridized carbons (Fsp3) is 0.952. The third kappa shape index (κ3) is 17.8. The number of rotatable bonds is 19. The molecule has 144 valence electrons. The van der Waals surface area contributed by atoms with Gasteiger partial charge in [0.25, 0.3) is 0 Å². The maximum Gasteiger partial charge on any atom is 0.234 e. The minimum absolute atomic E-state index is 0.193. The van der Waals surface area contributed by atoms with Gasteiger partial charge in [-0.25, -0.2) is 0 Å². The molecule has 1 atom stereocenters. The number of hydrogen-bond donors (Lipinski definition) is 2. The summed E-state index contributed by atoms with van der Waals surface area (Å²) in [4.78, 5) is 10.9. The third-order valence-corrected chi connectivity index (χ3v) is 4.91. The van der Waals surface area contributed by atoms with Crippen LogP contribution in [0.3, 0.4) is 0 Å². The maximum absolute atomic E-state index is 10.9. The number of unbranched alkanes of at least 4 members (excludes halogenated alkanes) is 15. The van der Waals surface area contributed by atoms with Gasteiger partial charge in [0, 0.05) is 0 Å². The van der Waals surface area contributed by atoms with E-state index in [2.05, 4.69) is 12.2 Å². The highest BCUT2D eigenvalue weighted by molar-refractivity contribution is 5.79. The highest BCUT2D eigenvalue weighted by Crippen LogP contribution is 2.13. The summed E-state index contributed by atoms with van der Waals surface area (Å²) in [7, 11) is 0. The van der Waals surface area contributed by atoms with Crippen molar-refractivity contribution in [1.29, 1.82) is 0 Å². The Balaban J connectivity index is 3.04. The van der Waals surface area contributed by atoms with Crippen molar-refractivity contribution in [3.63, 3.8) is 0 Å². The van der Waals surface area contributed by atoms with Crippen molar-refractivity contribution in [3.8, 4) is 0 Å². The molecule has 0 heterocycles. The predicted molar refractivity (Wildman–Crippen MR) is 106 cm³/mol. The molecule has 3 N–H and O–H groups in total. The molecule has 1 amide bonds. The first-order chi connectivity index (χ1) is 11.7. The van der Waals surface area contributed by atoms with Crippen molar-refractivity contribution >= 4 is 5.91 Å². The highest BCUT2D eigenvalue weighted by atomic mass is 16.1. The minimum Gasteiger partial charge on any atom is -0.368 e. The molecule has 3 nitrogen and oxygen atoms in total. The van der Waals surface area contributed by atoms with Gasteiger partial charge < -0.3 is 11.1 Å². The number of carbonyl (C=O) groups is 1. The van der Waals surface area contributed by atoms with Crippen LogP contribution >= 0.6 is 0 Å². The number of nitrogens with two attached hydrogens (primary N) is 1. The Morgan fingerprint density at radius 3 is 1.38 bits per heavy atom. The molecule has 0 saturated carbocycles. The van der Waals surface area contributed by atoms with E-state index in [0.717, 1.165) is 13.0 Å². The molecule has 3 heteroatoms. The Morgan fingerprint density at radius 2 is 1.04 bits per heavy atom. The molecule has 24 heavy (non-hydrogen) atoms. The average Bonchev–Trinajstić information content (AvgIpc) is 2.57. The summed E-state index contributed by atoms with van der Waals surface area (Å²) in [5, 5.41) is 3.16. The van der Waals surface area contributed by atoms with Gasteiger partial charge in [-0.05, 0) is 19.9 Å². The third-order valence-electron chi connectivity index (χ3n) is 4.91. The normalized spacial score (nSPS) is 12.4. The van der Waals surface area contributed by atoms with Crippen molar-refractivity contribution in [2.24, 2.45) is 5.73 Å². The average molecular weight is 341 g/mol. The highest BCUT2D eigenvalue weighted by Gasteiger charge is 2.05. The molecule has 0 spiro atoms. The second kappa shape index (κ2) is 18.8. The van der Waals surface area contributed by atoms with E-state index < -0.39 is 0 Å². The van der Waals surface area contributed by atoms with E-state index in [4.69, 9.17) is 5.73 Å². The number of carbonyl (C=O) groups excluding carboxylic acids is 1. The second-order valence-electron chi connectivity index (χ2n) is 7.38. The van der Waals surface area contributed by atoms with Crippen LogP contribution in [-0.2, 0) is 4.79 Å². The van der Waals surface area contributed by atoms with E-state index in [1.54, 1.807) is 0 Å². The Hall–Kier alpha value is -0.570. The zero-order chi connectivity index (χ0) is 17.9. The molecule has 0 saturated heterocycles. The fourth-order valence-electron chi connectivity index (χ4n) is 3.09. The summed E-state index contributed by atoms with van der Waals surface area (Å²) in [6.45, 7) is 5.02. The largest absolute Gasteiger partial charge is 0.368 e. The van der Waals surface area contributed by atoms with Crippen LogP contribution in [0.15, 0.2) is 0 Å². The first kappa shape index (κ1) is 23.4. The first-order valence-corrected chi connectivity index (χ1v) is 10.7. The van der Waals surface area contributed by atoms with Crippen molar-refractivity contribution in [2.75, 3.05) is 6.54 Å². The molecule has 0 fully saturated rings. The van der Waals surface area contributed by atoms with Crippen LogP contribution in [-0.4, -0.2) is 18.5 Å². The van der Waals surface area contributed by atoms with Gasteiger partial charge in [-0.15, -0.1) is 0 Å². The van der Waals surface area contributed by atoms with Gasteiger partial charge >= 0.3 is 0 Å². The van der Waals surface area contributed by atoms with Crippen LogP contribution in [0.1, 0.15) is 117 Å². The van der Waals surface area contributed by atoms with Crippen molar-refractivity contribution in [3.05, 3.63) is 0 Å². The number of nitrogens with one attached hydrogen (secondary N) is 1. The number of amides is 1. The number of primary amides is 1. The topological polar surface area (TPSA) is 55.1 Å². The molecule has 0 radical (unpaired) electrons. The van der Waals surface area contributed by atoms with Crippen LogP contribution < -0.4 is 11.1 Å². The van der Waals surface area contributed by atoms with E-state index in [0.29, 0.717) is 0 Å². The summed E-state index contributed by atoms with van der Waals surface area (Å²) >= 11 is 0. The van der Waals surface area contributed by atoms with Crippen LogP contribution in [0.5, 0.6) is 0 Å². The molecule has 0 aromatic heterocycles. The molecule has 0 aromatic carbocycles. The van der Waals surface area contributed by atoms with Gasteiger partial charge in [0.05, 0.1) is 6.04 Å². The lowest BCUT2D eigenvalue weighted by molar-refractivity contribution is -0.119. The lowest BCUT2D eigenvalue weighted by Crippen LogP contribution is -2.39. The van der Waals surface area contributed by atoms with Gasteiger partial charge in [-0.3, -0.25) is 4.79 Å². The lowest BCUT2D eigenvalue weighted by Gasteiger charge is -2.09. The SMILES string of the molecule is CCCCCCCCCCCCCCCCCCNC(C)C(N)=O. The standard InChI is InChI=1S/C21H44N2O/c1-3-4-5-6-7-8-9-10-11-12-13-14-15-16-17-18-19-23-20(2)21(22)24/h20,23H,3-19H2,1-2H3,(H2,22,24). The molecule has 0 aliphatic carbocycles. The summed E-state index contributed by atoms with van der Waals surface area (Å²) in [5.41, 5.74) is 5.21. The van der Waals surface area contributed by atoms with Gasteiger partial charge in [0.2, 0.25) is 5.91 Å². The van der Waals surface area contributed by atoms with E-state index in [1.165, 1.54) is 96.3 Å². The Labute approximate surface area is 151 Å². The van der Waals surface area contributed by atoms with Gasteiger partial charge in [0.1, 0.15) is 0 Å². The van der Waals surface area contributed by atoms with Crippen molar-refractivity contribution in [2.45, 2.75) is 123 Å². The van der Waals surface area contributed by atoms with E-state index in [-0.39, 0.29) is 11.9 Å². The molecule has 0 bridgehead atoms. The Morgan fingerprint density at radius 1 is 0.708 bits per heavy atom. The lowest BCUT2D eigenvalue weighted by atomic mass is 10.0. The zero-order valence-electron chi connectivity index (χ0n) is 16.6. The molecular formula is C21H44N2O. The van der Waals surface area contributed by atoms with E-state index >= 15 is 0 Å². The monoisotopic (exact) mass is 340 g/mol. The molecule has 0 aliphatic heterocycles. The Kier molecular flexibility index (Phi) is 18.3. The molecular weight excluding hydrogens is 296 g/mol. The Bertz CT molecular complexity index is 269. The van der Waals surface area contributed by atoms with Gasteiger partial charge in [0.15, 0.2) is 0 Å². The first-order valence-electron chi connectivity index (χ1n) is 10.7. The number of hydrogen-bond acceptors (Lipinski definition) is 2. The molecule has 0 aliphatic rings. The van der Waals surface area contributed by atoms with Crippen LogP contribution in [0.2, 0.25) is 0 Å².